The first-order valence-electron chi connectivity index (χ1n) is 6.22. The minimum atomic E-state index is -0.297. The molecule has 0 radical (unpaired) electrons. The Labute approximate surface area is 126 Å². The maximum Gasteiger partial charge on any atom is 0.338 e. The summed E-state index contributed by atoms with van der Waals surface area (Å²) in [6.45, 7) is 4.67. The van der Waals surface area contributed by atoms with Crippen LogP contribution in [-0.4, -0.2) is 17.6 Å². The van der Waals surface area contributed by atoms with E-state index in [-0.39, 0.29) is 5.97 Å². The summed E-state index contributed by atoms with van der Waals surface area (Å²) in [7, 11) is 0. The molecule has 1 heterocycles. The van der Waals surface area contributed by atoms with Crippen molar-refractivity contribution < 1.29 is 9.53 Å². The average molecular weight is 311 g/mol. The van der Waals surface area contributed by atoms with E-state index in [1.54, 1.807) is 19.2 Å². The Kier molecular flexibility index (Phi) is 4.98. The highest BCUT2D eigenvalue weighted by atomic mass is 35.5. The van der Waals surface area contributed by atoms with Crippen LogP contribution in [0, 0.1) is 6.92 Å². The fourth-order valence-electron chi connectivity index (χ4n) is 1.72. The Morgan fingerprint density at radius 1 is 1.50 bits per heavy atom. The predicted molar refractivity (Wildman–Crippen MR) is 81.6 cm³/mol. The second-order valence-electron chi connectivity index (χ2n) is 4.18. The number of esters is 1. The van der Waals surface area contributed by atoms with Crippen molar-refractivity contribution in [3.63, 3.8) is 0 Å². The van der Waals surface area contributed by atoms with E-state index in [1.165, 1.54) is 11.3 Å². The second kappa shape index (κ2) is 6.72. The lowest BCUT2D eigenvalue weighted by molar-refractivity contribution is 0.0525. The molecule has 106 valence electrons. The maximum absolute atomic E-state index is 11.8. The van der Waals surface area contributed by atoms with Gasteiger partial charge in [-0.3, -0.25) is 0 Å². The number of hydrogen-bond donors (Lipinski definition) is 1. The third-order valence-electron chi connectivity index (χ3n) is 2.73. The zero-order chi connectivity index (χ0) is 14.5. The Hall–Kier alpha value is -1.59. The van der Waals surface area contributed by atoms with Crippen LogP contribution in [0.1, 0.15) is 27.7 Å². The number of carbonyl (C=O) groups is 1. The minimum absolute atomic E-state index is 0.297. The lowest BCUT2D eigenvalue weighted by Gasteiger charge is -2.09. The number of ether oxygens (including phenoxy) is 1. The molecule has 0 saturated heterocycles. The zero-order valence-electron chi connectivity index (χ0n) is 11.3. The van der Waals surface area contributed by atoms with Gasteiger partial charge in [0.1, 0.15) is 0 Å². The van der Waals surface area contributed by atoms with Gasteiger partial charge in [0.05, 0.1) is 18.7 Å². The molecule has 0 amide bonds. The number of carbonyl (C=O) groups excluding carboxylic acids is 1. The smallest absolute Gasteiger partial charge is 0.338 e. The molecule has 1 aromatic heterocycles. The molecule has 2 aromatic rings. The molecule has 0 atom stereocenters. The summed E-state index contributed by atoms with van der Waals surface area (Å²) in [5.41, 5.74) is 2.34. The topological polar surface area (TPSA) is 51.2 Å². The van der Waals surface area contributed by atoms with Crippen molar-refractivity contribution in [1.82, 2.24) is 4.98 Å². The standard InChI is InChI=1S/C14H15ClN2O2S/c1-3-19-13(18)12-6-10(5-4-9(12)2)16-7-11-8-17-14(15)20-11/h4-6,8,16H,3,7H2,1-2H3. The number of halogens is 1. The van der Waals surface area contributed by atoms with Crippen molar-refractivity contribution in [3.05, 3.63) is 44.9 Å². The quantitative estimate of drug-likeness (QED) is 0.851. The van der Waals surface area contributed by atoms with E-state index < -0.39 is 0 Å². The summed E-state index contributed by atoms with van der Waals surface area (Å²) in [5, 5.41) is 3.24. The van der Waals surface area contributed by atoms with Crippen molar-refractivity contribution in [3.8, 4) is 0 Å². The predicted octanol–water partition coefficient (Wildman–Crippen LogP) is 3.89. The number of rotatable bonds is 5. The summed E-state index contributed by atoms with van der Waals surface area (Å²) in [6.07, 6.45) is 1.74. The van der Waals surface area contributed by atoms with Crippen LogP contribution in [0.4, 0.5) is 5.69 Å². The molecular weight excluding hydrogens is 296 g/mol. The van der Waals surface area contributed by atoms with Crippen LogP contribution in [0.3, 0.4) is 0 Å². The van der Waals surface area contributed by atoms with Crippen LogP contribution in [0.5, 0.6) is 0 Å². The van der Waals surface area contributed by atoms with Gasteiger partial charge in [-0.05, 0) is 31.5 Å². The molecule has 1 aromatic carbocycles. The Morgan fingerprint density at radius 2 is 2.30 bits per heavy atom. The van der Waals surface area contributed by atoms with Crippen LogP contribution < -0.4 is 5.32 Å². The lowest BCUT2D eigenvalue weighted by atomic mass is 10.1. The fourth-order valence-corrected chi connectivity index (χ4v) is 2.63. The van der Waals surface area contributed by atoms with Crippen LogP contribution in [-0.2, 0) is 11.3 Å². The molecule has 20 heavy (non-hydrogen) atoms. The van der Waals surface area contributed by atoms with Crippen molar-refractivity contribution in [1.29, 1.82) is 0 Å². The highest BCUT2D eigenvalue weighted by Gasteiger charge is 2.10. The molecule has 0 aliphatic heterocycles. The SMILES string of the molecule is CCOC(=O)c1cc(NCc2cnc(Cl)s2)ccc1C. The molecule has 0 bridgehead atoms. The number of nitrogens with one attached hydrogen (secondary N) is 1. The third-order valence-corrected chi connectivity index (χ3v) is 3.84. The van der Waals surface area contributed by atoms with Gasteiger partial charge in [-0.25, -0.2) is 9.78 Å². The summed E-state index contributed by atoms with van der Waals surface area (Å²) in [6, 6.07) is 5.63. The number of benzene rings is 1. The van der Waals surface area contributed by atoms with Gasteiger partial charge in [-0.15, -0.1) is 11.3 Å². The average Bonchev–Trinajstić information content (AvgIpc) is 2.84. The Bertz CT molecular complexity index is 613. The van der Waals surface area contributed by atoms with E-state index in [4.69, 9.17) is 16.3 Å². The van der Waals surface area contributed by atoms with Gasteiger partial charge in [-0.2, -0.15) is 0 Å². The molecule has 2 rings (SSSR count). The number of hydrogen-bond acceptors (Lipinski definition) is 5. The highest BCUT2D eigenvalue weighted by Crippen LogP contribution is 2.21. The van der Waals surface area contributed by atoms with Gasteiger partial charge >= 0.3 is 5.97 Å². The minimum Gasteiger partial charge on any atom is -0.462 e. The molecule has 0 aliphatic rings. The molecule has 6 heteroatoms. The molecule has 0 fully saturated rings. The van der Waals surface area contributed by atoms with E-state index >= 15 is 0 Å². The van der Waals surface area contributed by atoms with Gasteiger partial charge in [0.15, 0.2) is 4.47 Å². The van der Waals surface area contributed by atoms with Crippen molar-refractivity contribution >= 4 is 34.6 Å². The number of thiazole rings is 1. The number of nitrogens with zero attached hydrogens (tertiary/aromatic N) is 1. The first-order chi connectivity index (χ1) is 9.60. The van der Waals surface area contributed by atoms with E-state index in [9.17, 15) is 4.79 Å². The highest BCUT2D eigenvalue weighted by molar-refractivity contribution is 7.15. The molecule has 0 saturated carbocycles. The van der Waals surface area contributed by atoms with Crippen LogP contribution >= 0.6 is 22.9 Å². The van der Waals surface area contributed by atoms with Crippen LogP contribution in [0.25, 0.3) is 0 Å². The van der Waals surface area contributed by atoms with Crippen LogP contribution in [0.2, 0.25) is 4.47 Å². The van der Waals surface area contributed by atoms with Crippen molar-refractivity contribution in [2.75, 3.05) is 11.9 Å². The Balaban J connectivity index is 2.08. The van der Waals surface area contributed by atoms with Gasteiger partial charge in [0.25, 0.3) is 0 Å². The lowest BCUT2D eigenvalue weighted by Crippen LogP contribution is -2.08. The molecule has 1 N–H and O–H groups in total. The summed E-state index contributed by atoms with van der Waals surface area (Å²) < 4.78 is 5.56. The van der Waals surface area contributed by atoms with Gasteiger partial charge < -0.3 is 10.1 Å². The normalized spacial score (nSPS) is 10.3. The molecule has 0 unspecified atom stereocenters. The van der Waals surface area contributed by atoms with E-state index in [0.717, 1.165) is 16.1 Å². The van der Waals surface area contributed by atoms with E-state index in [0.29, 0.717) is 23.2 Å². The van der Waals surface area contributed by atoms with Gasteiger partial charge in [0, 0.05) is 16.8 Å². The first kappa shape index (κ1) is 14.8. The molecule has 0 spiro atoms. The fraction of sp³-hybridized carbons (Fsp3) is 0.286. The monoisotopic (exact) mass is 310 g/mol. The number of anilines is 1. The molecule has 4 nitrogen and oxygen atoms in total. The Morgan fingerprint density at radius 3 is 2.95 bits per heavy atom. The van der Waals surface area contributed by atoms with Crippen molar-refractivity contribution in [2.45, 2.75) is 20.4 Å². The van der Waals surface area contributed by atoms with Gasteiger partial charge in [0.2, 0.25) is 0 Å². The van der Waals surface area contributed by atoms with E-state index in [1.807, 2.05) is 19.1 Å². The number of aryl methyl sites for hydroxylation is 1. The summed E-state index contributed by atoms with van der Waals surface area (Å²) >= 11 is 7.21. The maximum atomic E-state index is 11.8. The zero-order valence-corrected chi connectivity index (χ0v) is 12.8. The largest absolute Gasteiger partial charge is 0.462 e. The summed E-state index contributed by atoms with van der Waals surface area (Å²) in [4.78, 5) is 16.8. The van der Waals surface area contributed by atoms with Crippen molar-refractivity contribution in [2.24, 2.45) is 0 Å². The molecular formula is C14H15ClN2O2S. The van der Waals surface area contributed by atoms with E-state index in [2.05, 4.69) is 10.3 Å². The number of aromatic nitrogens is 1. The third kappa shape index (κ3) is 3.71. The van der Waals surface area contributed by atoms with Gasteiger partial charge in [-0.1, -0.05) is 17.7 Å². The molecule has 0 aliphatic carbocycles. The second-order valence-corrected chi connectivity index (χ2v) is 5.88. The summed E-state index contributed by atoms with van der Waals surface area (Å²) in [5.74, 6) is -0.297. The van der Waals surface area contributed by atoms with Crippen LogP contribution in [0.15, 0.2) is 24.4 Å². The first-order valence-corrected chi connectivity index (χ1v) is 7.41.